The molecule has 0 unspecified atom stereocenters. The Labute approximate surface area is 124 Å². The highest BCUT2D eigenvalue weighted by Crippen LogP contribution is 2.40. The van der Waals surface area contributed by atoms with Crippen LogP contribution in [0.15, 0.2) is 42.5 Å². The third-order valence-electron chi connectivity index (χ3n) is 4.77. The molecule has 110 valence electrons. The number of halogens is 2. The van der Waals surface area contributed by atoms with Crippen molar-refractivity contribution in [3.8, 4) is 0 Å². The predicted molar refractivity (Wildman–Crippen MR) is 81.5 cm³/mol. The standard InChI is InChI=1S/C19H20F2/c1-13-18(20)11-17(12-19(13)21)16-9-7-15(8-10-16)14-5-3-2-4-6-14/h2-6,11-12,15-16H,7-10H2,1H3. The van der Waals surface area contributed by atoms with E-state index in [1.165, 1.54) is 24.6 Å². The summed E-state index contributed by atoms with van der Waals surface area (Å²) in [4.78, 5) is 0. The Balaban J connectivity index is 1.71. The van der Waals surface area contributed by atoms with Gasteiger partial charge < -0.3 is 0 Å². The molecule has 0 atom stereocenters. The highest BCUT2D eigenvalue weighted by molar-refractivity contribution is 5.29. The zero-order valence-corrected chi connectivity index (χ0v) is 12.3. The highest BCUT2D eigenvalue weighted by atomic mass is 19.1. The van der Waals surface area contributed by atoms with Gasteiger partial charge in [-0.3, -0.25) is 0 Å². The number of hydrogen-bond acceptors (Lipinski definition) is 0. The summed E-state index contributed by atoms with van der Waals surface area (Å²) in [6.07, 6.45) is 4.18. The van der Waals surface area contributed by atoms with Crippen molar-refractivity contribution in [1.82, 2.24) is 0 Å². The summed E-state index contributed by atoms with van der Waals surface area (Å²) in [5.74, 6) is 0.0301. The molecule has 0 radical (unpaired) electrons. The second kappa shape index (κ2) is 5.97. The van der Waals surface area contributed by atoms with Crippen LogP contribution in [0.3, 0.4) is 0 Å². The summed E-state index contributed by atoms with van der Waals surface area (Å²) >= 11 is 0. The van der Waals surface area contributed by atoms with Crippen molar-refractivity contribution < 1.29 is 8.78 Å². The van der Waals surface area contributed by atoms with E-state index in [1.807, 2.05) is 6.07 Å². The van der Waals surface area contributed by atoms with Gasteiger partial charge in [-0.25, -0.2) is 8.78 Å². The van der Waals surface area contributed by atoms with Gasteiger partial charge in [-0.15, -0.1) is 0 Å². The van der Waals surface area contributed by atoms with Crippen molar-refractivity contribution in [3.05, 3.63) is 70.8 Å². The molecule has 0 spiro atoms. The van der Waals surface area contributed by atoms with Crippen LogP contribution in [0.25, 0.3) is 0 Å². The van der Waals surface area contributed by atoms with Gasteiger partial charge in [0.2, 0.25) is 0 Å². The van der Waals surface area contributed by atoms with E-state index in [2.05, 4.69) is 24.3 Å². The first-order valence-electron chi connectivity index (χ1n) is 7.65. The zero-order valence-electron chi connectivity index (χ0n) is 12.3. The number of hydrogen-bond donors (Lipinski definition) is 0. The van der Waals surface area contributed by atoms with Crippen LogP contribution in [0.1, 0.15) is 54.2 Å². The van der Waals surface area contributed by atoms with Crippen molar-refractivity contribution >= 4 is 0 Å². The molecular formula is C19H20F2. The van der Waals surface area contributed by atoms with Crippen molar-refractivity contribution in [1.29, 1.82) is 0 Å². The molecule has 2 heteroatoms. The molecule has 0 saturated heterocycles. The van der Waals surface area contributed by atoms with E-state index in [-0.39, 0.29) is 11.5 Å². The molecule has 1 fully saturated rings. The fourth-order valence-corrected chi connectivity index (χ4v) is 3.39. The first kappa shape index (κ1) is 14.2. The van der Waals surface area contributed by atoms with Crippen LogP contribution < -0.4 is 0 Å². The molecule has 0 aliphatic heterocycles. The largest absolute Gasteiger partial charge is 0.207 e. The van der Waals surface area contributed by atoms with E-state index < -0.39 is 11.6 Å². The van der Waals surface area contributed by atoms with E-state index >= 15 is 0 Å². The quantitative estimate of drug-likeness (QED) is 0.663. The maximum Gasteiger partial charge on any atom is 0.129 e. The minimum absolute atomic E-state index is 0.122. The average Bonchev–Trinajstić information content (AvgIpc) is 2.53. The summed E-state index contributed by atoms with van der Waals surface area (Å²) in [5, 5.41) is 0. The summed E-state index contributed by atoms with van der Waals surface area (Å²) < 4.78 is 27.4. The van der Waals surface area contributed by atoms with Crippen molar-refractivity contribution in [2.24, 2.45) is 0 Å². The Kier molecular flexibility index (Phi) is 4.05. The van der Waals surface area contributed by atoms with Gasteiger partial charge in [0.25, 0.3) is 0 Å². The van der Waals surface area contributed by atoms with E-state index in [0.717, 1.165) is 31.2 Å². The molecule has 2 aromatic carbocycles. The summed E-state index contributed by atoms with van der Waals surface area (Å²) in [7, 11) is 0. The predicted octanol–water partition coefficient (Wildman–Crippen LogP) is 5.71. The third-order valence-corrected chi connectivity index (χ3v) is 4.77. The molecule has 21 heavy (non-hydrogen) atoms. The number of benzene rings is 2. The van der Waals surface area contributed by atoms with Crippen LogP contribution in [0.2, 0.25) is 0 Å². The summed E-state index contributed by atoms with van der Waals surface area (Å²) in [6, 6.07) is 13.6. The van der Waals surface area contributed by atoms with Crippen LogP contribution >= 0.6 is 0 Å². The Morgan fingerprint density at radius 3 is 1.76 bits per heavy atom. The monoisotopic (exact) mass is 286 g/mol. The Morgan fingerprint density at radius 1 is 0.762 bits per heavy atom. The maximum atomic E-state index is 13.7. The first-order chi connectivity index (χ1) is 10.1. The Hall–Kier alpha value is -1.70. The van der Waals surface area contributed by atoms with E-state index in [0.29, 0.717) is 5.92 Å². The van der Waals surface area contributed by atoms with Crippen LogP contribution in [0, 0.1) is 18.6 Å². The van der Waals surface area contributed by atoms with Gasteiger partial charge in [0, 0.05) is 5.56 Å². The van der Waals surface area contributed by atoms with Crippen molar-refractivity contribution in [3.63, 3.8) is 0 Å². The molecule has 0 N–H and O–H groups in total. The van der Waals surface area contributed by atoms with Crippen molar-refractivity contribution in [2.45, 2.75) is 44.4 Å². The van der Waals surface area contributed by atoms with Crippen LogP contribution in [0.5, 0.6) is 0 Å². The third kappa shape index (κ3) is 2.99. The lowest BCUT2D eigenvalue weighted by atomic mass is 9.76. The lowest BCUT2D eigenvalue weighted by molar-refractivity contribution is 0.394. The minimum Gasteiger partial charge on any atom is -0.207 e. The lowest BCUT2D eigenvalue weighted by Gasteiger charge is -2.29. The van der Waals surface area contributed by atoms with Gasteiger partial charge in [-0.1, -0.05) is 30.3 Å². The normalized spacial score (nSPS) is 22.2. The molecular weight excluding hydrogens is 266 g/mol. The summed E-state index contributed by atoms with van der Waals surface area (Å²) in [5.41, 5.74) is 2.33. The summed E-state index contributed by atoms with van der Waals surface area (Å²) in [6.45, 7) is 1.49. The van der Waals surface area contributed by atoms with Gasteiger partial charge in [-0.05, 0) is 67.7 Å². The van der Waals surface area contributed by atoms with E-state index in [9.17, 15) is 8.78 Å². The second-order valence-electron chi connectivity index (χ2n) is 6.07. The maximum absolute atomic E-state index is 13.7. The zero-order chi connectivity index (χ0) is 14.8. The molecule has 3 rings (SSSR count). The fourth-order valence-electron chi connectivity index (χ4n) is 3.39. The van der Waals surface area contributed by atoms with Gasteiger partial charge >= 0.3 is 0 Å². The van der Waals surface area contributed by atoms with Crippen LogP contribution in [0.4, 0.5) is 8.78 Å². The molecule has 0 heterocycles. The van der Waals surface area contributed by atoms with Gasteiger partial charge in [0.15, 0.2) is 0 Å². The van der Waals surface area contributed by atoms with Crippen molar-refractivity contribution in [2.75, 3.05) is 0 Å². The molecule has 0 bridgehead atoms. The second-order valence-corrected chi connectivity index (χ2v) is 6.07. The highest BCUT2D eigenvalue weighted by Gasteiger charge is 2.24. The topological polar surface area (TPSA) is 0 Å². The molecule has 0 nitrogen and oxygen atoms in total. The SMILES string of the molecule is Cc1c(F)cc(C2CCC(c3ccccc3)CC2)cc1F. The van der Waals surface area contributed by atoms with E-state index in [4.69, 9.17) is 0 Å². The lowest BCUT2D eigenvalue weighted by Crippen LogP contribution is -2.12. The van der Waals surface area contributed by atoms with Gasteiger partial charge in [0.1, 0.15) is 11.6 Å². The smallest absolute Gasteiger partial charge is 0.129 e. The number of rotatable bonds is 2. The minimum atomic E-state index is -0.421. The van der Waals surface area contributed by atoms with Gasteiger partial charge in [-0.2, -0.15) is 0 Å². The van der Waals surface area contributed by atoms with Crippen LogP contribution in [-0.4, -0.2) is 0 Å². The molecule has 0 amide bonds. The van der Waals surface area contributed by atoms with Crippen LogP contribution in [-0.2, 0) is 0 Å². The Bertz CT molecular complexity index is 588. The molecule has 1 aliphatic carbocycles. The molecule has 1 saturated carbocycles. The molecule has 2 aromatic rings. The molecule has 0 aromatic heterocycles. The Morgan fingerprint density at radius 2 is 1.24 bits per heavy atom. The van der Waals surface area contributed by atoms with Gasteiger partial charge in [0.05, 0.1) is 0 Å². The van der Waals surface area contributed by atoms with E-state index in [1.54, 1.807) is 0 Å². The fraction of sp³-hybridized carbons (Fsp3) is 0.368. The molecule has 1 aliphatic rings. The first-order valence-corrected chi connectivity index (χ1v) is 7.65. The average molecular weight is 286 g/mol.